The number of ether oxygens (including phenoxy) is 1. The summed E-state index contributed by atoms with van der Waals surface area (Å²) in [7, 11) is 0. The average molecular weight is 414 g/mol. The Balaban J connectivity index is 1.43. The second-order valence-electron chi connectivity index (χ2n) is 6.28. The predicted octanol–water partition coefficient (Wildman–Crippen LogP) is 2.52. The van der Waals surface area contributed by atoms with Crippen molar-refractivity contribution in [2.45, 2.75) is 25.3 Å². The third-order valence-electron chi connectivity index (χ3n) is 4.57. The summed E-state index contributed by atoms with van der Waals surface area (Å²) in [6.07, 6.45) is 3.29. The molecule has 2 saturated heterocycles. The molecule has 2 heterocycles. The Morgan fingerprint density at radius 3 is 2.59 bits per heavy atom. The highest BCUT2D eigenvalue weighted by Gasteiger charge is 2.24. The Bertz CT molecular complexity index is 492. The molecule has 0 aromatic heterocycles. The van der Waals surface area contributed by atoms with Crippen LogP contribution in [0.1, 0.15) is 29.6 Å². The van der Waals surface area contributed by atoms with Gasteiger partial charge in [0.2, 0.25) is 0 Å². The molecule has 2 aliphatic rings. The third kappa shape index (κ3) is 4.43. The molecule has 1 atom stereocenters. The van der Waals surface area contributed by atoms with E-state index in [9.17, 15) is 4.79 Å². The first kappa shape index (κ1) is 16.2. The van der Waals surface area contributed by atoms with Crippen LogP contribution in [-0.2, 0) is 4.74 Å². The van der Waals surface area contributed by atoms with Crippen molar-refractivity contribution in [2.75, 3.05) is 32.8 Å². The number of halogens is 1. The lowest BCUT2D eigenvalue weighted by atomic mass is 10.0. The van der Waals surface area contributed by atoms with Crippen LogP contribution in [0.25, 0.3) is 0 Å². The van der Waals surface area contributed by atoms with Gasteiger partial charge in [-0.15, -0.1) is 0 Å². The summed E-state index contributed by atoms with van der Waals surface area (Å²) in [5, 5.41) is 3.18. The van der Waals surface area contributed by atoms with E-state index >= 15 is 0 Å². The van der Waals surface area contributed by atoms with Gasteiger partial charge >= 0.3 is 0 Å². The monoisotopic (exact) mass is 414 g/mol. The van der Waals surface area contributed by atoms with E-state index in [0.29, 0.717) is 12.0 Å². The maximum absolute atomic E-state index is 12.2. The summed E-state index contributed by atoms with van der Waals surface area (Å²) in [5.74, 6) is 0.761. The molecule has 1 unspecified atom stereocenters. The molecule has 0 bridgehead atoms. The van der Waals surface area contributed by atoms with E-state index in [2.05, 4.69) is 32.8 Å². The van der Waals surface area contributed by atoms with Gasteiger partial charge in [-0.3, -0.25) is 4.79 Å². The van der Waals surface area contributed by atoms with Crippen LogP contribution in [0.15, 0.2) is 24.3 Å². The normalized spacial score (nSPS) is 23.6. The highest BCUT2D eigenvalue weighted by atomic mass is 127. The van der Waals surface area contributed by atoms with E-state index < -0.39 is 0 Å². The highest BCUT2D eigenvalue weighted by molar-refractivity contribution is 14.1. The van der Waals surface area contributed by atoms with E-state index in [1.807, 2.05) is 24.3 Å². The number of amides is 1. The molecule has 0 spiro atoms. The van der Waals surface area contributed by atoms with Crippen molar-refractivity contribution in [2.24, 2.45) is 5.92 Å². The first-order valence-corrected chi connectivity index (χ1v) is 9.15. The summed E-state index contributed by atoms with van der Waals surface area (Å²) in [4.78, 5) is 14.8. The Hall–Kier alpha value is -0.660. The number of likely N-dealkylation sites (tertiary alicyclic amines) is 1. The summed E-state index contributed by atoms with van der Waals surface area (Å²) in [5.41, 5.74) is 0.756. The molecule has 2 aliphatic heterocycles. The zero-order chi connectivity index (χ0) is 15.4. The molecule has 22 heavy (non-hydrogen) atoms. The van der Waals surface area contributed by atoms with Crippen LogP contribution in [0.3, 0.4) is 0 Å². The van der Waals surface area contributed by atoms with Gasteiger partial charge < -0.3 is 15.0 Å². The summed E-state index contributed by atoms with van der Waals surface area (Å²) in [6.45, 7) is 5.15. The lowest BCUT2D eigenvalue weighted by Gasteiger charge is -2.33. The molecule has 2 fully saturated rings. The molecule has 5 heteroatoms. The Kier molecular flexibility index (Phi) is 5.71. The first-order chi connectivity index (χ1) is 10.7. The average Bonchev–Trinajstić information content (AvgIpc) is 3.03. The molecule has 1 N–H and O–H groups in total. The lowest BCUT2D eigenvalue weighted by molar-refractivity contribution is 0.0903. The van der Waals surface area contributed by atoms with Gasteiger partial charge in [0.05, 0.1) is 6.61 Å². The zero-order valence-corrected chi connectivity index (χ0v) is 14.9. The minimum Gasteiger partial charge on any atom is -0.381 e. The Morgan fingerprint density at radius 1 is 1.23 bits per heavy atom. The number of carbonyl (C=O) groups is 1. The molecule has 0 saturated carbocycles. The molecule has 0 radical (unpaired) electrons. The minimum atomic E-state index is 0.0547. The summed E-state index contributed by atoms with van der Waals surface area (Å²) in [6, 6.07) is 8.05. The van der Waals surface area contributed by atoms with E-state index in [1.165, 1.54) is 6.42 Å². The van der Waals surface area contributed by atoms with Gasteiger partial charge in [-0.2, -0.15) is 0 Å². The van der Waals surface area contributed by atoms with Crippen LogP contribution in [0.5, 0.6) is 0 Å². The second-order valence-corrected chi connectivity index (χ2v) is 7.53. The Labute approximate surface area is 145 Å². The van der Waals surface area contributed by atoms with E-state index in [-0.39, 0.29) is 5.91 Å². The fourth-order valence-electron chi connectivity index (χ4n) is 3.22. The van der Waals surface area contributed by atoms with Crippen molar-refractivity contribution >= 4 is 28.5 Å². The number of piperidine rings is 1. The maximum atomic E-state index is 12.2. The van der Waals surface area contributed by atoms with Gasteiger partial charge in [-0.1, -0.05) is 0 Å². The third-order valence-corrected chi connectivity index (χ3v) is 5.29. The summed E-state index contributed by atoms with van der Waals surface area (Å²) >= 11 is 2.25. The van der Waals surface area contributed by atoms with Crippen molar-refractivity contribution in [3.8, 4) is 0 Å². The van der Waals surface area contributed by atoms with Crippen molar-refractivity contribution in [1.29, 1.82) is 0 Å². The van der Waals surface area contributed by atoms with E-state index in [0.717, 1.165) is 54.8 Å². The number of benzene rings is 1. The number of rotatable bonds is 4. The van der Waals surface area contributed by atoms with Gasteiger partial charge in [0, 0.05) is 41.4 Å². The van der Waals surface area contributed by atoms with Gasteiger partial charge in [-0.05, 0) is 72.0 Å². The molecule has 1 aromatic carbocycles. The first-order valence-electron chi connectivity index (χ1n) is 8.07. The van der Waals surface area contributed by atoms with Crippen LogP contribution in [0.4, 0.5) is 0 Å². The van der Waals surface area contributed by atoms with Gasteiger partial charge in [-0.25, -0.2) is 0 Å². The second kappa shape index (κ2) is 7.75. The lowest BCUT2D eigenvalue weighted by Crippen LogP contribution is -2.45. The zero-order valence-electron chi connectivity index (χ0n) is 12.8. The number of nitrogens with one attached hydrogen (secondary N) is 1. The molecule has 1 aromatic rings. The molecule has 120 valence electrons. The van der Waals surface area contributed by atoms with E-state index in [4.69, 9.17) is 4.74 Å². The standard InChI is InChI=1S/C17H23IN2O2/c18-15-3-1-14(2-4-15)17(21)19-16-5-8-20(9-6-16)11-13-7-10-22-12-13/h1-4,13,16H,5-12H2,(H,19,21). The van der Waals surface area contributed by atoms with Gasteiger partial charge in [0.15, 0.2) is 0 Å². The molecule has 4 nitrogen and oxygen atoms in total. The molecular weight excluding hydrogens is 391 g/mol. The van der Waals surface area contributed by atoms with Crippen molar-refractivity contribution in [1.82, 2.24) is 10.2 Å². The predicted molar refractivity (Wildman–Crippen MR) is 95.0 cm³/mol. The SMILES string of the molecule is O=C(NC1CCN(CC2CCOC2)CC1)c1ccc(I)cc1. The fourth-order valence-corrected chi connectivity index (χ4v) is 3.58. The number of hydrogen-bond acceptors (Lipinski definition) is 3. The van der Waals surface area contributed by atoms with Crippen LogP contribution in [-0.4, -0.2) is 49.7 Å². The number of hydrogen-bond donors (Lipinski definition) is 1. The number of nitrogens with zero attached hydrogens (tertiary/aromatic N) is 1. The largest absolute Gasteiger partial charge is 0.381 e. The molecular formula is C17H23IN2O2. The molecule has 0 aliphatic carbocycles. The topological polar surface area (TPSA) is 41.6 Å². The summed E-state index contributed by atoms with van der Waals surface area (Å²) < 4.78 is 6.60. The van der Waals surface area contributed by atoms with Crippen LogP contribution in [0, 0.1) is 9.49 Å². The fraction of sp³-hybridized carbons (Fsp3) is 0.588. The van der Waals surface area contributed by atoms with Crippen molar-refractivity contribution < 1.29 is 9.53 Å². The minimum absolute atomic E-state index is 0.0547. The Morgan fingerprint density at radius 2 is 1.95 bits per heavy atom. The van der Waals surface area contributed by atoms with Gasteiger partial charge in [0.25, 0.3) is 5.91 Å². The quantitative estimate of drug-likeness (QED) is 0.771. The van der Waals surface area contributed by atoms with Crippen molar-refractivity contribution in [3.63, 3.8) is 0 Å². The van der Waals surface area contributed by atoms with E-state index in [1.54, 1.807) is 0 Å². The van der Waals surface area contributed by atoms with Gasteiger partial charge in [0.1, 0.15) is 0 Å². The highest BCUT2D eigenvalue weighted by Crippen LogP contribution is 2.18. The van der Waals surface area contributed by atoms with Crippen LogP contribution in [0.2, 0.25) is 0 Å². The maximum Gasteiger partial charge on any atom is 0.251 e. The van der Waals surface area contributed by atoms with Crippen LogP contribution >= 0.6 is 22.6 Å². The smallest absolute Gasteiger partial charge is 0.251 e. The molecule has 3 rings (SSSR count). The van der Waals surface area contributed by atoms with Crippen molar-refractivity contribution in [3.05, 3.63) is 33.4 Å². The number of carbonyl (C=O) groups excluding carboxylic acids is 1. The van der Waals surface area contributed by atoms with Crippen LogP contribution < -0.4 is 5.32 Å². The molecule has 1 amide bonds.